The maximum atomic E-state index is 12.8. The Hall–Kier alpha value is -3.36. The number of rotatable bonds is 9. The number of hydrogen-bond acceptors (Lipinski definition) is 8. The first kappa shape index (κ1) is 28.6. The third-order valence-corrected chi connectivity index (χ3v) is 9.27. The van der Waals surface area contributed by atoms with Crippen LogP contribution in [0.3, 0.4) is 0 Å². The van der Waals surface area contributed by atoms with Crippen LogP contribution in [0.1, 0.15) is 54.6 Å². The van der Waals surface area contributed by atoms with Gasteiger partial charge in [-0.25, -0.2) is 0 Å². The number of aromatic nitrogens is 3. The van der Waals surface area contributed by atoms with Gasteiger partial charge in [-0.3, -0.25) is 9.59 Å². The van der Waals surface area contributed by atoms with Crippen molar-refractivity contribution in [3.63, 3.8) is 0 Å². The van der Waals surface area contributed by atoms with Gasteiger partial charge in [0.25, 0.3) is 0 Å². The van der Waals surface area contributed by atoms with E-state index in [4.69, 9.17) is 4.74 Å². The lowest BCUT2D eigenvalue weighted by Crippen LogP contribution is -2.26. The number of thioether (sulfide) groups is 1. The van der Waals surface area contributed by atoms with Gasteiger partial charge < -0.3 is 19.9 Å². The number of amides is 2. The molecular weight excluding hydrogens is 532 g/mol. The van der Waals surface area contributed by atoms with Gasteiger partial charge in [-0.15, -0.1) is 21.5 Å². The molecule has 0 aliphatic heterocycles. The second-order valence-electron chi connectivity index (χ2n) is 10.7. The molecule has 0 spiro atoms. The van der Waals surface area contributed by atoms with Crippen LogP contribution < -0.4 is 15.4 Å². The lowest BCUT2D eigenvalue weighted by atomic mass is 9.72. The van der Waals surface area contributed by atoms with Gasteiger partial charge in [0.15, 0.2) is 11.0 Å². The van der Waals surface area contributed by atoms with Crippen LogP contribution in [0, 0.1) is 22.7 Å². The Bertz CT molecular complexity index is 1380. The normalized spacial score (nSPS) is 14.8. The molecule has 206 valence electrons. The first-order valence-electron chi connectivity index (χ1n) is 12.8. The summed E-state index contributed by atoms with van der Waals surface area (Å²) in [5, 5.41) is 25.2. The average Bonchev–Trinajstić information content (AvgIpc) is 3.44. The van der Waals surface area contributed by atoms with Gasteiger partial charge in [0.1, 0.15) is 16.8 Å². The third kappa shape index (κ3) is 6.99. The number of nitrogens with zero attached hydrogens (tertiary/aromatic N) is 4. The molecule has 1 aliphatic rings. The van der Waals surface area contributed by atoms with Gasteiger partial charge in [-0.05, 0) is 53.9 Å². The number of thiophene rings is 1. The van der Waals surface area contributed by atoms with E-state index in [0.717, 1.165) is 36.1 Å². The van der Waals surface area contributed by atoms with Crippen LogP contribution in [0.15, 0.2) is 29.4 Å². The first-order chi connectivity index (χ1) is 18.6. The smallest absolute Gasteiger partial charge is 0.235 e. The molecule has 0 bridgehead atoms. The minimum absolute atomic E-state index is 0.127. The molecule has 0 saturated heterocycles. The molecule has 9 nitrogen and oxygen atoms in total. The molecule has 4 rings (SSSR count). The fraction of sp³-hybridized carbons (Fsp3) is 0.464. The van der Waals surface area contributed by atoms with Crippen molar-refractivity contribution in [3.05, 3.63) is 51.7 Å². The van der Waals surface area contributed by atoms with E-state index in [9.17, 15) is 14.9 Å². The maximum Gasteiger partial charge on any atom is 0.235 e. The number of carbonyl (C=O) groups excluding carboxylic acids is 2. The molecule has 2 N–H and O–H groups in total. The van der Waals surface area contributed by atoms with Crippen molar-refractivity contribution in [2.24, 2.45) is 18.4 Å². The van der Waals surface area contributed by atoms with Crippen LogP contribution in [-0.4, -0.2) is 39.4 Å². The SMILES string of the molecule is COc1ccc(CC(=O)NCc2nnc(SCC(=O)Nc3sc4c(c3C#N)CCC(C(C)(C)C)C4)n2C)cc1. The molecule has 39 heavy (non-hydrogen) atoms. The van der Waals surface area contributed by atoms with Crippen LogP contribution >= 0.6 is 23.1 Å². The van der Waals surface area contributed by atoms with Crippen molar-refractivity contribution in [2.45, 2.75) is 58.2 Å². The molecule has 1 aliphatic carbocycles. The summed E-state index contributed by atoms with van der Waals surface area (Å²) in [4.78, 5) is 26.4. The summed E-state index contributed by atoms with van der Waals surface area (Å²) in [5.74, 6) is 1.70. The van der Waals surface area contributed by atoms with E-state index in [1.165, 1.54) is 28.0 Å². The van der Waals surface area contributed by atoms with Crippen LogP contribution in [-0.2, 0) is 42.4 Å². The summed E-state index contributed by atoms with van der Waals surface area (Å²) in [6.07, 6.45) is 3.12. The summed E-state index contributed by atoms with van der Waals surface area (Å²) in [7, 11) is 3.40. The highest BCUT2D eigenvalue weighted by Gasteiger charge is 2.32. The van der Waals surface area contributed by atoms with E-state index in [1.54, 1.807) is 18.7 Å². The molecule has 0 saturated carbocycles. The van der Waals surface area contributed by atoms with Gasteiger partial charge in [0, 0.05) is 11.9 Å². The number of nitriles is 1. The van der Waals surface area contributed by atoms with E-state index in [1.807, 2.05) is 24.3 Å². The summed E-state index contributed by atoms with van der Waals surface area (Å²) in [5.41, 5.74) is 2.79. The van der Waals surface area contributed by atoms with Crippen LogP contribution in [0.25, 0.3) is 0 Å². The molecule has 1 aromatic carbocycles. The Morgan fingerprint density at radius 3 is 2.64 bits per heavy atom. The number of ether oxygens (including phenoxy) is 1. The summed E-state index contributed by atoms with van der Waals surface area (Å²) in [6.45, 7) is 7.01. The molecule has 2 heterocycles. The van der Waals surface area contributed by atoms with Gasteiger partial charge in [-0.1, -0.05) is 44.7 Å². The zero-order valence-corrected chi connectivity index (χ0v) is 24.6. The van der Waals surface area contributed by atoms with Gasteiger partial charge in [-0.2, -0.15) is 5.26 Å². The van der Waals surface area contributed by atoms with E-state index in [2.05, 4.69) is 47.7 Å². The predicted molar refractivity (Wildman–Crippen MR) is 153 cm³/mol. The maximum absolute atomic E-state index is 12.8. The molecule has 2 amide bonds. The lowest BCUT2D eigenvalue weighted by Gasteiger charge is -2.33. The van der Waals surface area contributed by atoms with Gasteiger partial charge >= 0.3 is 0 Å². The molecule has 1 atom stereocenters. The number of nitrogens with one attached hydrogen (secondary N) is 2. The average molecular weight is 567 g/mol. The summed E-state index contributed by atoms with van der Waals surface area (Å²) < 4.78 is 6.91. The standard InChI is InChI=1S/C28H34N6O3S2/c1-28(2,3)18-8-11-20-21(14-29)26(39-22(20)13-18)31-25(36)16-38-27-33-32-23(34(27)4)15-30-24(35)12-17-6-9-19(37-5)10-7-17/h6-7,9-10,18H,8,11-13,15-16H2,1-5H3,(H,30,35)(H,31,36). The van der Waals surface area contributed by atoms with Crippen LogP contribution in [0.5, 0.6) is 5.75 Å². The van der Waals surface area contributed by atoms with E-state index in [-0.39, 0.29) is 35.9 Å². The van der Waals surface area contributed by atoms with E-state index in [0.29, 0.717) is 27.5 Å². The summed E-state index contributed by atoms with van der Waals surface area (Å²) in [6, 6.07) is 9.67. The fourth-order valence-electron chi connectivity index (χ4n) is 4.62. The Morgan fingerprint density at radius 1 is 1.23 bits per heavy atom. The monoisotopic (exact) mass is 566 g/mol. The molecule has 0 radical (unpaired) electrons. The third-order valence-electron chi connectivity index (χ3n) is 7.08. The van der Waals surface area contributed by atoms with Gasteiger partial charge in [0.05, 0.1) is 31.4 Å². The number of methoxy groups -OCH3 is 1. The first-order valence-corrected chi connectivity index (χ1v) is 14.6. The quantitative estimate of drug-likeness (QED) is 0.366. The largest absolute Gasteiger partial charge is 0.497 e. The van der Waals surface area contributed by atoms with Crippen molar-refractivity contribution in [3.8, 4) is 11.8 Å². The number of anilines is 1. The second-order valence-corrected chi connectivity index (χ2v) is 12.8. The Kier molecular flexibility index (Phi) is 8.97. The number of fused-ring (bicyclic) bond motifs is 1. The van der Waals surface area contributed by atoms with Crippen molar-refractivity contribution in [2.75, 3.05) is 18.2 Å². The molecule has 0 fully saturated rings. The van der Waals surface area contributed by atoms with Crippen LogP contribution in [0.4, 0.5) is 5.00 Å². The summed E-state index contributed by atoms with van der Waals surface area (Å²) >= 11 is 2.79. The lowest BCUT2D eigenvalue weighted by molar-refractivity contribution is -0.120. The Morgan fingerprint density at radius 2 is 1.97 bits per heavy atom. The molecule has 1 unspecified atom stereocenters. The fourth-order valence-corrected chi connectivity index (χ4v) is 6.64. The molecular formula is C28H34N6O3S2. The highest BCUT2D eigenvalue weighted by atomic mass is 32.2. The Labute approximate surface area is 237 Å². The predicted octanol–water partition coefficient (Wildman–Crippen LogP) is 4.50. The Balaban J connectivity index is 1.29. The molecule has 11 heteroatoms. The minimum Gasteiger partial charge on any atom is -0.497 e. The zero-order valence-electron chi connectivity index (χ0n) is 23.0. The number of benzene rings is 1. The van der Waals surface area contributed by atoms with Crippen molar-refractivity contribution in [1.82, 2.24) is 20.1 Å². The number of carbonyl (C=O) groups is 2. The number of hydrogen-bond donors (Lipinski definition) is 2. The minimum atomic E-state index is -0.195. The van der Waals surface area contributed by atoms with Crippen molar-refractivity contribution in [1.29, 1.82) is 5.26 Å². The van der Waals surface area contributed by atoms with Crippen molar-refractivity contribution >= 4 is 39.9 Å². The highest BCUT2D eigenvalue weighted by Crippen LogP contribution is 2.44. The van der Waals surface area contributed by atoms with E-state index < -0.39 is 0 Å². The van der Waals surface area contributed by atoms with Crippen molar-refractivity contribution < 1.29 is 14.3 Å². The molecule has 2 aromatic heterocycles. The zero-order chi connectivity index (χ0) is 28.2. The molecule has 3 aromatic rings. The highest BCUT2D eigenvalue weighted by molar-refractivity contribution is 7.99. The van der Waals surface area contributed by atoms with Crippen LogP contribution in [0.2, 0.25) is 0 Å². The van der Waals surface area contributed by atoms with E-state index >= 15 is 0 Å². The second kappa shape index (κ2) is 12.2. The topological polar surface area (TPSA) is 122 Å². The van der Waals surface area contributed by atoms with Gasteiger partial charge in [0.2, 0.25) is 11.8 Å².